The van der Waals surface area contributed by atoms with Crippen LogP contribution in [0.2, 0.25) is 0 Å². The number of nitrogens with one attached hydrogen (secondary N) is 1. The predicted molar refractivity (Wildman–Crippen MR) is 120 cm³/mol. The van der Waals surface area contributed by atoms with E-state index in [1.54, 1.807) is 48.8 Å². The number of rotatable bonds is 7. The largest absolute Gasteiger partial charge is 0.438 e. The van der Waals surface area contributed by atoms with E-state index in [-0.39, 0.29) is 0 Å². The fraction of sp³-hybridized carbons (Fsp3) is 0.190. The number of thiophene rings is 1. The van der Waals surface area contributed by atoms with E-state index >= 15 is 0 Å². The minimum atomic E-state index is -3.61. The summed E-state index contributed by atoms with van der Waals surface area (Å²) in [5, 5.41) is 8.29. The van der Waals surface area contributed by atoms with Crippen LogP contribution in [0.15, 0.2) is 59.1 Å². The number of nitrogens with zero attached hydrogens (tertiary/aromatic N) is 4. The van der Waals surface area contributed by atoms with Crippen LogP contribution in [0.4, 0.5) is 5.69 Å². The lowest BCUT2D eigenvalue weighted by Gasteiger charge is -2.09. The maximum atomic E-state index is 12.5. The quantitative estimate of drug-likeness (QED) is 0.441. The molecule has 4 rings (SSSR count). The number of ether oxygens (including phenoxy) is 1. The van der Waals surface area contributed by atoms with Gasteiger partial charge in [-0.2, -0.15) is 0 Å². The molecule has 4 aromatic rings. The van der Waals surface area contributed by atoms with Crippen LogP contribution >= 0.6 is 11.3 Å². The van der Waals surface area contributed by atoms with Gasteiger partial charge in [0.25, 0.3) is 10.0 Å². The van der Waals surface area contributed by atoms with Gasteiger partial charge >= 0.3 is 0 Å². The highest BCUT2D eigenvalue weighted by atomic mass is 32.2. The van der Waals surface area contributed by atoms with Crippen molar-refractivity contribution in [3.63, 3.8) is 0 Å². The molecule has 31 heavy (non-hydrogen) atoms. The topological polar surface area (TPSA) is 99.0 Å². The third-order valence-corrected chi connectivity index (χ3v) is 7.81. The maximum absolute atomic E-state index is 12.5. The Bertz CT molecular complexity index is 1290. The molecular formula is C21H21N5O3S2. The van der Waals surface area contributed by atoms with E-state index in [1.807, 2.05) is 31.4 Å². The van der Waals surface area contributed by atoms with E-state index in [1.165, 1.54) is 11.3 Å². The molecule has 1 aromatic carbocycles. The molecule has 0 aliphatic carbocycles. The summed E-state index contributed by atoms with van der Waals surface area (Å²) in [5.74, 6) is 1.50. The highest BCUT2D eigenvalue weighted by Gasteiger charge is 2.17. The Kier molecular flexibility index (Phi) is 5.75. The molecule has 0 atom stereocenters. The van der Waals surface area contributed by atoms with Crippen LogP contribution in [0.1, 0.15) is 23.2 Å². The maximum Gasteiger partial charge on any atom is 0.271 e. The molecule has 0 unspecified atom stereocenters. The minimum Gasteiger partial charge on any atom is -0.438 e. The van der Waals surface area contributed by atoms with Gasteiger partial charge in [0.15, 0.2) is 5.82 Å². The first-order valence-electron chi connectivity index (χ1n) is 9.60. The normalized spacial score (nSPS) is 11.5. The molecule has 3 aromatic heterocycles. The van der Waals surface area contributed by atoms with Crippen LogP contribution in [-0.2, 0) is 16.4 Å². The molecule has 10 heteroatoms. The predicted octanol–water partition coefficient (Wildman–Crippen LogP) is 4.50. The molecule has 0 fully saturated rings. The number of hydrogen-bond acceptors (Lipinski definition) is 7. The summed E-state index contributed by atoms with van der Waals surface area (Å²) >= 11 is 1.27. The van der Waals surface area contributed by atoms with Crippen LogP contribution in [0, 0.1) is 13.8 Å². The van der Waals surface area contributed by atoms with Crippen LogP contribution in [0.5, 0.6) is 11.6 Å². The lowest BCUT2D eigenvalue weighted by atomic mass is 10.3. The average Bonchev–Trinajstić information content (AvgIpc) is 3.38. The second-order valence-electron chi connectivity index (χ2n) is 6.82. The van der Waals surface area contributed by atoms with Gasteiger partial charge in [0.1, 0.15) is 16.3 Å². The Labute approximate surface area is 184 Å². The first-order valence-corrected chi connectivity index (χ1v) is 11.9. The first-order chi connectivity index (χ1) is 14.9. The smallest absolute Gasteiger partial charge is 0.271 e. The highest BCUT2D eigenvalue weighted by molar-refractivity contribution is 7.94. The summed E-state index contributed by atoms with van der Waals surface area (Å²) in [6.07, 6.45) is 2.51. The standard InChI is InChI=1S/C21H21N5O3S2/c1-4-18-9-12-21(30-18)31(27,28)25-16-5-7-17(8-6-16)29-20-11-10-19(23-24-20)26-13-22-14(2)15(26)3/h5-13,25H,4H2,1-3H3. The molecule has 0 saturated heterocycles. The van der Waals surface area contributed by atoms with Gasteiger partial charge in [-0.1, -0.05) is 6.92 Å². The van der Waals surface area contributed by atoms with Crippen molar-refractivity contribution < 1.29 is 13.2 Å². The van der Waals surface area contributed by atoms with E-state index in [9.17, 15) is 8.42 Å². The molecular weight excluding hydrogens is 434 g/mol. The van der Waals surface area contributed by atoms with Crippen molar-refractivity contribution >= 4 is 27.0 Å². The number of anilines is 1. The van der Waals surface area contributed by atoms with Crippen LogP contribution < -0.4 is 9.46 Å². The summed E-state index contributed by atoms with van der Waals surface area (Å²) < 4.78 is 35.5. The van der Waals surface area contributed by atoms with Gasteiger partial charge < -0.3 is 4.74 Å². The Morgan fingerprint density at radius 2 is 1.81 bits per heavy atom. The van der Waals surface area contributed by atoms with Gasteiger partial charge in [0, 0.05) is 22.3 Å². The van der Waals surface area contributed by atoms with Crippen LogP contribution in [0.25, 0.3) is 5.82 Å². The van der Waals surface area contributed by atoms with Crippen LogP contribution in [-0.4, -0.2) is 28.2 Å². The zero-order valence-electron chi connectivity index (χ0n) is 17.2. The molecule has 160 valence electrons. The Morgan fingerprint density at radius 3 is 2.39 bits per heavy atom. The van der Waals surface area contributed by atoms with Crippen molar-refractivity contribution in [3.05, 3.63) is 71.1 Å². The van der Waals surface area contributed by atoms with Gasteiger partial charge in [0.2, 0.25) is 5.88 Å². The van der Waals surface area contributed by atoms with Crippen molar-refractivity contribution in [2.45, 2.75) is 31.4 Å². The molecule has 0 aliphatic rings. The molecule has 0 aliphatic heterocycles. The molecule has 0 spiro atoms. The molecule has 0 amide bonds. The van der Waals surface area contributed by atoms with E-state index < -0.39 is 10.0 Å². The Balaban J connectivity index is 1.43. The van der Waals surface area contributed by atoms with Gasteiger partial charge in [-0.25, -0.2) is 13.4 Å². The number of aromatic nitrogens is 4. The SMILES string of the molecule is CCc1ccc(S(=O)(=O)Nc2ccc(Oc3ccc(-n4cnc(C)c4C)nn3)cc2)s1. The Morgan fingerprint density at radius 1 is 1.03 bits per heavy atom. The van der Waals surface area contributed by atoms with E-state index in [4.69, 9.17) is 4.74 Å². The van der Waals surface area contributed by atoms with E-state index in [0.717, 1.165) is 22.7 Å². The molecule has 0 radical (unpaired) electrons. The van der Waals surface area contributed by atoms with Gasteiger partial charge in [-0.15, -0.1) is 21.5 Å². The molecule has 0 bridgehead atoms. The second kappa shape index (κ2) is 8.48. The van der Waals surface area contributed by atoms with Gasteiger partial charge in [-0.3, -0.25) is 9.29 Å². The van der Waals surface area contributed by atoms with Crippen molar-refractivity contribution in [3.8, 4) is 17.4 Å². The fourth-order valence-corrected chi connectivity index (χ4v) is 5.19. The lowest BCUT2D eigenvalue weighted by molar-refractivity contribution is 0.454. The van der Waals surface area contributed by atoms with Gasteiger partial charge in [0.05, 0.1) is 5.69 Å². The monoisotopic (exact) mass is 455 g/mol. The highest BCUT2D eigenvalue weighted by Crippen LogP contribution is 2.26. The van der Waals surface area contributed by atoms with Crippen molar-refractivity contribution in [1.29, 1.82) is 0 Å². The number of aryl methyl sites for hydroxylation is 2. The number of hydrogen-bond donors (Lipinski definition) is 1. The van der Waals surface area contributed by atoms with Crippen molar-refractivity contribution in [1.82, 2.24) is 19.7 Å². The zero-order valence-corrected chi connectivity index (χ0v) is 18.9. The fourth-order valence-electron chi connectivity index (χ4n) is 2.84. The molecule has 0 saturated carbocycles. The van der Waals surface area contributed by atoms with Crippen molar-refractivity contribution in [2.75, 3.05) is 4.72 Å². The van der Waals surface area contributed by atoms with E-state index in [2.05, 4.69) is 19.9 Å². The third kappa shape index (κ3) is 4.59. The number of benzene rings is 1. The molecule has 3 heterocycles. The van der Waals surface area contributed by atoms with Crippen molar-refractivity contribution in [2.24, 2.45) is 0 Å². The summed E-state index contributed by atoms with van der Waals surface area (Å²) in [5.41, 5.74) is 2.38. The zero-order chi connectivity index (χ0) is 22.0. The lowest BCUT2D eigenvalue weighted by Crippen LogP contribution is -2.11. The first kappa shape index (κ1) is 21.0. The Hall–Kier alpha value is -3.24. The summed E-state index contributed by atoms with van der Waals surface area (Å²) in [7, 11) is -3.61. The van der Waals surface area contributed by atoms with Crippen LogP contribution in [0.3, 0.4) is 0 Å². The third-order valence-electron chi connectivity index (χ3n) is 4.70. The average molecular weight is 456 g/mol. The summed E-state index contributed by atoms with van der Waals surface area (Å²) in [6, 6.07) is 13.6. The molecule has 1 N–H and O–H groups in total. The second-order valence-corrected chi connectivity index (χ2v) is 9.90. The number of sulfonamides is 1. The number of imidazole rings is 1. The van der Waals surface area contributed by atoms with E-state index in [0.29, 0.717) is 27.3 Å². The summed E-state index contributed by atoms with van der Waals surface area (Å²) in [6.45, 7) is 5.89. The van der Waals surface area contributed by atoms with Gasteiger partial charge in [-0.05, 0) is 62.7 Å². The minimum absolute atomic E-state index is 0.295. The summed E-state index contributed by atoms with van der Waals surface area (Å²) in [4.78, 5) is 5.28. The molecule has 8 nitrogen and oxygen atoms in total.